The maximum Gasteiger partial charge on any atom is 0.337 e. The van der Waals surface area contributed by atoms with Gasteiger partial charge in [-0.1, -0.05) is 11.6 Å². The van der Waals surface area contributed by atoms with Gasteiger partial charge >= 0.3 is 12.0 Å². The van der Waals surface area contributed by atoms with Gasteiger partial charge in [0, 0.05) is 18.1 Å². The molecule has 1 aliphatic carbocycles. The molecule has 108 valence electrons. The molecule has 2 amide bonds. The topological polar surface area (TPSA) is 69.6 Å². The fourth-order valence-corrected chi connectivity index (χ4v) is 2.26. The van der Waals surface area contributed by atoms with Gasteiger partial charge in [-0.3, -0.25) is 0 Å². The second-order valence-corrected chi connectivity index (χ2v) is 5.55. The molecular weight excluding hydrogens is 280 g/mol. The van der Waals surface area contributed by atoms with Crippen molar-refractivity contribution in [3.63, 3.8) is 0 Å². The van der Waals surface area contributed by atoms with Crippen LogP contribution in [0.1, 0.15) is 30.1 Å². The Balaban J connectivity index is 2.14. The van der Waals surface area contributed by atoms with Gasteiger partial charge in [-0.05, 0) is 43.9 Å². The molecule has 1 aliphatic rings. The number of aromatic carboxylic acids is 1. The van der Waals surface area contributed by atoms with Crippen molar-refractivity contribution >= 4 is 29.3 Å². The van der Waals surface area contributed by atoms with Crippen LogP contribution in [0.25, 0.3) is 0 Å². The van der Waals surface area contributed by atoms with E-state index in [9.17, 15) is 9.59 Å². The Hall–Kier alpha value is -1.75. The zero-order valence-corrected chi connectivity index (χ0v) is 12.1. The Morgan fingerprint density at radius 2 is 2.10 bits per heavy atom. The lowest BCUT2D eigenvalue weighted by Crippen LogP contribution is -2.39. The molecule has 1 fully saturated rings. The first kappa shape index (κ1) is 14.7. The standard InChI is InChI=1S/C14H17ClN2O3/c1-8(9-3-4-9)17(2)14(20)16-12-7-10(15)5-6-11(12)13(18)19/h5-9H,3-4H2,1-2H3,(H,16,20)(H,18,19). The first-order valence-corrected chi connectivity index (χ1v) is 6.84. The number of carboxylic acid groups (broad SMARTS) is 1. The predicted octanol–water partition coefficient (Wildman–Crippen LogP) is 3.30. The molecule has 1 saturated carbocycles. The third kappa shape index (κ3) is 3.22. The van der Waals surface area contributed by atoms with Crippen molar-refractivity contribution < 1.29 is 14.7 Å². The lowest BCUT2D eigenvalue weighted by molar-refractivity contribution is 0.0698. The molecule has 0 aliphatic heterocycles. The van der Waals surface area contributed by atoms with Gasteiger partial charge in [0.15, 0.2) is 0 Å². The highest BCUT2D eigenvalue weighted by molar-refractivity contribution is 6.31. The van der Waals surface area contributed by atoms with Crippen LogP contribution in [0.2, 0.25) is 5.02 Å². The van der Waals surface area contributed by atoms with Crippen LogP contribution in [0.15, 0.2) is 18.2 Å². The van der Waals surface area contributed by atoms with Crippen LogP contribution in [0, 0.1) is 5.92 Å². The fourth-order valence-electron chi connectivity index (χ4n) is 2.09. The van der Waals surface area contributed by atoms with E-state index in [0.717, 1.165) is 12.8 Å². The predicted molar refractivity (Wildman–Crippen MR) is 77.4 cm³/mol. The molecule has 1 unspecified atom stereocenters. The molecule has 0 bridgehead atoms. The summed E-state index contributed by atoms with van der Waals surface area (Å²) < 4.78 is 0. The number of carboxylic acids is 1. The van der Waals surface area contributed by atoms with E-state index in [1.165, 1.54) is 18.2 Å². The molecule has 1 atom stereocenters. The second-order valence-electron chi connectivity index (χ2n) is 5.11. The highest BCUT2D eigenvalue weighted by atomic mass is 35.5. The van der Waals surface area contributed by atoms with Crippen molar-refractivity contribution in [2.75, 3.05) is 12.4 Å². The van der Waals surface area contributed by atoms with Crippen LogP contribution >= 0.6 is 11.6 Å². The Morgan fingerprint density at radius 1 is 1.45 bits per heavy atom. The van der Waals surface area contributed by atoms with E-state index < -0.39 is 5.97 Å². The summed E-state index contributed by atoms with van der Waals surface area (Å²) in [6.45, 7) is 1.99. The van der Waals surface area contributed by atoms with Gasteiger partial charge in [-0.2, -0.15) is 0 Å². The minimum absolute atomic E-state index is 0.0234. The van der Waals surface area contributed by atoms with Gasteiger partial charge < -0.3 is 15.3 Å². The van der Waals surface area contributed by atoms with Gasteiger partial charge in [-0.15, -0.1) is 0 Å². The normalized spacial score (nSPS) is 15.6. The molecule has 0 heterocycles. The second kappa shape index (κ2) is 5.71. The fraction of sp³-hybridized carbons (Fsp3) is 0.429. The Morgan fingerprint density at radius 3 is 2.65 bits per heavy atom. The first-order valence-electron chi connectivity index (χ1n) is 6.47. The van der Waals surface area contributed by atoms with E-state index >= 15 is 0 Å². The number of hydrogen-bond acceptors (Lipinski definition) is 2. The Bertz CT molecular complexity index is 543. The molecule has 0 spiro atoms. The van der Waals surface area contributed by atoms with Crippen molar-refractivity contribution in [1.29, 1.82) is 0 Å². The Kier molecular flexibility index (Phi) is 4.18. The first-order chi connectivity index (χ1) is 9.40. The van der Waals surface area contributed by atoms with Crippen molar-refractivity contribution in [2.24, 2.45) is 5.92 Å². The van der Waals surface area contributed by atoms with E-state index in [1.54, 1.807) is 11.9 Å². The zero-order chi connectivity index (χ0) is 14.9. The monoisotopic (exact) mass is 296 g/mol. The number of carbonyl (C=O) groups is 2. The SMILES string of the molecule is CC(C1CC1)N(C)C(=O)Nc1cc(Cl)ccc1C(=O)O. The smallest absolute Gasteiger partial charge is 0.337 e. The van der Waals surface area contributed by atoms with E-state index in [4.69, 9.17) is 16.7 Å². The number of urea groups is 1. The minimum atomic E-state index is -1.10. The largest absolute Gasteiger partial charge is 0.478 e. The van der Waals surface area contributed by atoms with Crippen LogP contribution in [0.5, 0.6) is 0 Å². The van der Waals surface area contributed by atoms with Crippen molar-refractivity contribution in [2.45, 2.75) is 25.8 Å². The zero-order valence-electron chi connectivity index (χ0n) is 11.4. The van der Waals surface area contributed by atoms with E-state index in [0.29, 0.717) is 10.9 Å². The quantitative estimate of drug-likeness (QED) is 0.895. The highest BCUT2D eigenvalue weighted by Crippen LogP contribution is 2.34. The van der Waals surface area contributed by atoms with Crippen molar-refractivity contribution in [3.8, 4) is 0 Å². The molecule has 20 heavy (non-hydrogen) atoms. The summed E-state index contributed by atoms with van der Waals surface area (Å²) in [4.78, 5) is 24.9. The molecule has 6 heteroatoms. The molecule has 1 aromatic rings. The maximum atomic E-state index is 12.2. The molecule has 0 saturated heterocycles. The molecule has 0 aromatic heterocycles. The number of anilines is 1. The van der Waals surface area contributed by atoms with Crippen molar-refractivity contribution in [3.05, 3.63) is 28.8 Å². The third-order valence-electron chi connectivity index (χ3n) is 3.69. The molecule has 5 nitrogen and oxygen atoms in total. The summed E-state index contributed by atoms with van der Waals surface area (Å²) in [5.41, 5.74) is 0.236. The van der Waals surface area contributed by atoms with Crippen LogP contribution < -0.4 is 5.32 Å². The number of hydrogen-bond donors (Lipinski definition) is 2. The summed E-state index contributed by atoms with van der Waals surface area (Å²) in [7, 11) is 1.71. The number of amides is 2. The van der Waals surface area contributed by atoms with Gasteiger partial charge in [-0.25, -0.2) is 9.59 Å². The number of nitrogens with one attached hydrogen (secondary N) is 1. The average Bonchev–Trinajstić information content (AvgIpc) is 3.20. The summed E-state index contributed by atoms with van der Waals surface area (Å²) in [5.74, 6) is -0.557. The number of halogens is 1. The van der Waals surface area contributed by atoms with Gasteiger partial charge in [0.2, 0.25) is 0 Å². The number of nitrogens with zero attached hydrogens (tertiary/aromatic N) is 1. The molecule has 2 N–H and O–H groups in total. The van der Waals surface area contributed by atoms with Crippen LogP contribution in [0.4, 0.5) is 10.5 Å². The van der Waals surface area contributed by atoms with Gasteiger partial charge in [0.05, 0.1) is 11.3 Å². The summed E-state index contributed by atoms with van der Waals surface area (Å²) in [6.07, 6.45) is 2.27. The van der Waals surface area contributed by atoms with Crippen molar-refractivity contribution in [1.82, 2.24) is 4.90 Å². The lowest BCUT2D eigenvalue weighted by atomic mass is 10.1. The maximum absolute atomic E-state index is 12.2. The minimum Gasteiger partial charge on any atom is -0.478 e. The van der Waals surface area contributed by atoms with E-state index in [-0.39, 0.29) is 23.3 Å². The number of carbonyl (C=O) groups excluding carboxylic acids is 1. The number of rotatable bonds is 4. The average molecular weight is 297 g/mol. The van der Waals surface area contributed by atoms with Gasteiger partial charge in [0.1, 0.15) is 0 Å². The molecule has 0 radical (unpaired) electrons. The number of benzene rings is 1. The lowest BCUT2D eigenvalue weighted by Gasteiger charge is -2.25. The van der Waals surface area contributed by atoms with Crippen LogP contribution in [-0.4, -0.2) is 35.1 Å². The highest BCUT2D eigenvalue weighted by Gasteiger charge is 2.32. The van der Waals surface area contributed by atoms with E-state index in [2.05, 4.69) is 5.32 Å². The van der Waals surface area contributed by atoms with Gasteiger partial charge in [0.25, 0.3) is 0 Å². The molecular formula is C14H17ClN2O3. The van der Waals surface area contributed by atoms with Crippen LogP contribution in [0.3, 0.4) is 0 Å². The Labute approximate surface area is 122 Å². The summed E-state index contributed by atoms with van der Waals surface area (Å²) in [6, 6.07) is 4.12. The molecule has 1 aromatic carbocycles. The van der Waals surface area contributed by atoms with E-state index in [1.807, 2.05) is 6.92 Å². The van der Waals surface area contributed by atoms with Crippen LogP contribution in [-0.2, 0) is 0 Å². The summed E-state index contributed by atoms with van der Waals surface area (Å²) in [5, 5.41) is 12.1. The molecule has 2 rings (SSSR count). The summed E-state index contributed by atoms with van der Waals surface area (Å²) >= 11 is 5.85. The third-order valence-corrected chi connectivity index (χ3v) is 3.92.